The topological polar surface area (TPSA) is 33.3 Å². The summed E-state index contributed by atoms with van der Waals surface area (Å²) in [7, 11) is 1.81. The molecule has 0 saturated carbocycles. The lowest BCUT2D eigenvalue weighted by molar-refractivity contribution is 0.0646. The van der Waals surface area contributed by atoms with E-state index in [-0.39, 0.29) is 6.10 Å². The monoisotopic (exact) mass is 252 g/mol. The molecule has 3 nitrogen and oxygen atoms in total. The fraction of sp³-hybridized carbons (Fsp3) is 0.462. The Morgan fingerprint density at radius 1 is 1.35 bits per heavy atom. The van der Waals surface area contributed by atoms with Gasteiger partial charge in [-0.1, -0.05) is 30.3 Å². The highest BCUT2D eigenvalue weighted by Crippen LogP contribution is 2.15. The van der Waals surface area contributed by atoms with Crippen LogP contribution in [0.5, 0.6) is 0 Å². The van der Waals surface area contributed by atoms with Crippen molar-refractivity contribution in [3.05, 3.63) is 35.9 Å². The SMILES string of the molecule is CNC(=S)NCCCO[C@@H](C)c1ccccc1. The Kier molecular flexibility index (Phi) is 6.58. The molecular formula is C13H20N2OS. The Balaban J connectivity index is 2.13. The molecule has 0 bridgehead atoms. The zero-order valence-electron chi connectivity index (χ0n) is 10.4. The van der Waals surface area contributed by atoms with Gasteiger partial charge in [-0.2, -0.15) is 0 Å². The molecule has 0 aliphatic carbocycles. The van der Waals surface area contributed by atoms with Crippen molar-refractivity contribution in [2.75, 3.05) is 20.2 Å². The van der Waals surface area contributed by atoms with E-state index in [9.17, 15) is 0 Å². The molecule has 0 radical (unpaired) electrons. The first kappa shape index (κ1) is 13.9. The third-order valence-electron chi connectivity index (χ3n) is 2.47. The van der Waals surface area contributed by atoms with Gasteiger partial charge in [-0.25, -0.2) is 0 Å². The molecule has 0 heterocycles. The van der Waals surface area contributed by atoms with Crippen molar-refractivity contribution in [1.82, 2.24) is 10.6 Å². The smallest absolute Gasteiger partial charge is 0.166 e. The number of ether oxygens (including phenoxy) is 1. The lowest BCUT2D eigenvalue weighted by Crippen LogP contribution is -2.33. The summed E-state index contributed by atoms with van der Waals surface area (Å²) in [6.45, 7) is 3.64. The first-order valence-electron chi connectivity index (χ1n) is 5.86. The number of hydrogen-bond acceptors (Lipinski definition) is 2. The minimum atomic E-state index is 0.146. The molecule has 1 rings (SSSR count). The Labute approximate surface area is 109 Å². The van der Waals surface area contributed by atoms with Gasteiger partial charge in [0.2, 0.25) is 0 Å². The van der Waals surface area contributed by atoms with Gasteiger partial charge in [-0.15, -0.1) is 0 Å². The van der Waals surface area contributed by atoms with Crippen LogP contribution in [0.3, 0.4) is 0 Å². The summed E-state index contributed by atoms with van der Waals surface area (Å²) in [6.07, 6.45) is 1.09. The fourth-order valence-corrected chi connectivity index (χ4v) is 1.54. The van der Waals surface area contributed by atoms with Gasteiger partial charge in [0.05, 0.1) is 6.10 Å². The second-order valence-corrected chi connectivity index (χ2v) is 4.19. The Morgan fingerprint density at radius 3 is 2.71 bits per heavy atom. The van der Waals surface area contributed by atoms with Gasteiger partial charge in [0.1, 0.15) is 0 Å². The fourth-order valence-electron chi connectivity index (χ4n) is 1.44. The van der Waals surface area contributed by atoms with E-state index in [1.165, 1.54) is 5.56 Å². The van der Waals surface area contributed by atoms with Gasteiger partial charge in [-0.3, -0.25) is 0 Å². The molecular weight excluding hydrogens is 232 g/mol. The van der Waals surface area contributed by atoms with Crippen LogP contribution in [0.4, 0.5) is 0 Å². The average Bonchev–Trinajstić information content (AvgIpc) is 2.38. The standard InChI is InChI=1S/C13H20N2OS/c1-11(12-7-4-3-5-8-12)16-10-6-9-15-13(17)14-2/h3-5,7-8,11H,6,9-10H2,1-2H3,(H2,14,15,17)/t11-/m0/s1. The Bertz CT molecular complexity index is 329. The van der Waals surface area contributed by atoms with Crippen molar-refractivity contribution < 1.29 is 4.74 Å². The van der Waals surface area contributed by atoms with Crippen LogP contribution in [0.25, 0.3) is 0 Å². The van der Waals surface area contributed by atoms with Gasteiger partial charge >= 0.3 is 0 Å². The van der Waals surface area contributed by atoms with Crippen molar-refractivity contribution in [2.24, 2.45) is 0 Å². The Hall–Kier alpha value is -1.13. The number of rotatable bonds is 6. The molecule has 1 aromatic rings. The highest BCUT2D eigenvalue weighted by molar-refractivity contribution is 7.80. The second kappa shape index (κ2) is 8.03. The van der Waals surface area contributed by atoms with E-state index in [4.69, 9.17) is 17.0 Å². The first-order valence-corrected chi connectivity index (χ1v) is 6.27. The van der Waals surface area contributed by atoms with Gasteiger partial charge in [0, 0.05) is 20.2 Å². The van der Waals surface area contributed by atoms with Crippen LogP contribution in [-0.4, -0.2) is 25.3 Å². The molecule has 0 fully saturated rings. The van der Waals surface area contributed by atoms with Gasteiger partial charge in [-0.05, 0) is 31.1 Å². The first-order chi connectivity index (χ1) is 8.24. The maximum Gasteiger partial charge on any atom is 0.166 e. The van der Waals surface area contributed by atoms with E-state index in [2.05, 4.69) is 29.7 Å². The van der Waals surface area contributed by atoms with Crippen LogP contribution in [0.1, 0.15) is 25.0 Å². The lowest BCUT2D eigenvalue weighted by Gasteiger charge is -2.13. The average molecular weight is 252 g/mol. The summed E-state index contributed by atoms with van der Waals surface area (Å²) < 4.78 is 5.74. The highest BCUT2D eigenvalue weighted by Gasteiger charge is 2.03. The molecule has 0 unspecified atom stereocenters. The van der Waals surface area contributed by atoms with E-state index in [1.54, 1.807) is 0 Å². The second-order valence-electron chi connectivity index (χ2n) is 3.78. The summed E-state index contributed by atoms with van der Waals surface area (Å²) >= 11 is 4.97. The molecule has 4 heteroatoms. The molecule has 94 valence electrons. The molecule has 17 heavy (non-hydrogen) atoms. The maximum atomic E-state index is 5.74. The van der Waals surface area contributed by atoms with E-state index >= 15 is 0 Å². The number of thiocarbonyl (C=S) groups is 1. The highest BCUT2D eigenvalue weighted by atomic mass is 32.1. The zero-order valence-corrected chi connectivity index (χ0v) is 11.2. The predicted molar refractivity (Wildman–Crippen MR) is 75.1 cm³/mol. The van der Waals surface area contributed by atoms with Crippen LogP contribution < -0.4 is 10.6 Å². The lowest BCUT2D eigenvalue weighted by atomic mass is 10.1. The minimum absolute atomic E-state index is 0.146. The third kappa shape index (κ3) is 5.65. The number of nitrogens with one attached hydrogen (secondary N) is 2. The molecule has 0 aromatic heterocycles. The van der Waals surface area contributed by atoms with Crippen LogP contribution in [0.2, 0.25) is 0 Å². The van der Waals surface area contributed by atoms with Gasteiger partial charge in [0.25, 0.3) is 0 Å². The largest absolute Gasteiger partial charge is 0.374 e. The van der Waals surface area contributed by atoms with E-state index in [0.29, 0.717) is 5.11 Å². The molecule has 2 N–H and O–H groups in total. The Morgan fingerprint density at radius 2 is 2.06 bits per heavy atom. The summed E-state index contributed by atoms with van der Waals surface area (Å²) in [5.74, 6) is 0. The van der Waals surface area contributed by atoms with Crippen LogP contribution in [0.15, 0.2) is 30.3 Å². The molecule has 0 aliphatic heterocycles. The molecule has 0 amide bonds. The van der Waals surface area contributed by atoms with E-state index in [0.717, 1.165) is 19.6 Å². The number of hydrogen-bond donors (Lipinski definition) is 2. The van der Waals surface area contributed by atoms with E-state index in [1.807, 2.05) is 25.2 Å². The van der Waals surface area contributed by atoms with Crippen molar-refractivity contribution in [2.45, 2.75) is 19.4 Å². The summed E-state index contributed by atoms with van der Waals surface area (Å²) in [5, 5.41) is 6.64. The molecule has 0 saturated heterocycles. The van der Waals surface area contributed by atoms with Gasteiger partial charge < -0.3 is 15.4 Å². The van der Waals surface area contributed by atoms with Crippen LogP contribution in [0, 0.1) is 0 Å². The molecule has 0 spiro atoms. The maximum absolute atomic E-state index is 5.74. The van der Waals surface area contributed by atoms with Crippen molar-refractivity contribution >= 4 is 17.3 Å². The third-order valence-corrected chi connectivity index (χ3v) is 2.82. The van der Waals surface area contributed by atoms with Crippen molar-refractivity contribution in [3.8, 4) is 0 Å². The summed E-state index contributed by atoms with van der Waals surface area (Å²) in [5.41, 5.74) is 1.21. The molecule has 1 atom stereocenters. The van der Waals surface area contributed by atoms with Gasteiger partial charge in [0.15, 0.2) is 5.11 Å². The summed E-state index contributed by atoms with van der Waals surface area (Å²) in [4.78, 5) is 0. The predicted octanol–water partition coefficient (Wildman–Crippen LogP) is 2.25. The quantitative estimate of drug-likeness (QED) is 0.601. The number of benzene rings is 1. The van der Waals surface area contributed by atoms with Crippen LogP contribution >= 0.6 is 12.2 Å². The van der Waals surface area contributed by atoms with Crippen LogP contribution in [-0.2, 0) is 4.74 Å². The molecule has 1 aromatic carbocycles. The minimum Gasteiger partial charge on any atom is -0.374 e. The van der Waals surface area contributed by atoms with E-state index < -0.39 is 0 Å². The summed E-state index contributed by atoms with van der Waals surface area (Å²) in [6, 6.07) is 10.2. The van der Waals surface area contributed by atoms with Crippen molar-refractivity contribution in [1.29, 1.82) is 0 Å². The van der Waals surface area contributed by atoms with Crippen molar-refractivity contribution in [3.63, 3.8) is 0 Å². The normalized spacial score (nSPS) is 11.9. The zero-order chi connectivity index (χ0) is 12.5. The molecule has 0 aliphatic rings.